The molecule has 1 rings (SSSR count). The molecule has 1 N–H and O–H groups in total. The van der Waals surface area contributed by atoms with Gasteiger partial charge in [0.05, 0.1) is 5.03 Å². The Morgan fingerprint density at radius 2 is 1.69 bits per heavy atom. The topological polar surface area (TPSA) is 12.0 Å². The van der Waals surface area contributed by atoms with Gasteiger partial charge in [0.1, 0.15) is 0 Å². The fourth-order valence-electron chi connectivity index (χ4n) is 2.69. The zero-order valence-corrected chi connectivity index (χ0v) is 20.1. The molecule has 0 amide bonds. The summed E-state index contributed by atoms with van der Waals surface area (Å²) in [5, 5.41) is 4.06. The minimum Gasteiger partial charge on any atom is -0.376 e. The zero-order chi connectivity index (χ0) is 22.4. The van der Waals surface area contributed by atoms with E-state index in [1.807, 2.05) is 26.0 Å². The normalized spacial score (nSPS) is 11.1. The molecule has 0 spiro atoms. The first-order valence-electron chi connectivity index (χ1n) is 10.1. The first-order chi connectivity index (χ1) is 13.6. The second-order valence-corrected chi connectivity index (χ2v) is 8.72. The van der Waals surface area contributed by atoms with Gasteiger partial charge in [-0.15, -0.1) is 0 Å². The van der Waals surface area contributed by atoms with Crippen LogP contribution in [0.5, 0.6) is 0 Å². The minimum absolute atomic E-state index is 0.604. The average Bonchev–Trinajstić information content (AvgIpc) is 2.65. The van der Waals surface area contributed by atoms with Crippen molar-refractivity contribution in [3.8, 4) is 0 Å². The predicted molar refractivity (Wildman–Crippen MR) is 137 cm³/mol. The molecule has 0 saturated carbocycles. The summed E-state index contributed by atoms with van der Waals surface area (Å²) in [5.74, 6) is 0.604. The molecule has 0 aromatic heterocycles. The second-order valence-electron chi connectivity index (χ2n) is 7.33. The third kappa shape index (κ3) is 12.1. The molecule has 158 valence electrons. The van der Waals surface area contributed by atoms with E-state index in [4.69, 9.17) is 0 Å². The monoisotopic (exact) mass is 409 g/mol. The Bertz CT molecular complexity index is 762. The Hall–Kier alpha value is -2.19. The largest absolute Gasteiger partial charge is 0.376 e. The molecule has 0 unspecified atom stereocenters. The van der Waals surface area contributed by atoms with Gasteiger partial charge in [0.2, 0.25) is 0 Å². The van der Waals surface area contributed by atoms with Crippen LogP contribution in [0.3, 0.4) is 0 Å². The van der Waals surface area contributed by atoms with E-state index in [0.29, 0.717) is 12.5 Å². The zero-order valence-electron chi connectivity index (χ0n) is 19.3. The van der Waals surface area contributed by atoms with Crippen LogP contribution in [-0.4, -0.2) is 6.54 Å². The van der Waals surface area contributed by atoms with Crippen molar-refractivity contribution in [1.82, 2.24) is 5.32 Å². The van der Waals surface area contributed by atoms with E-state index in [0.717, 1.165) is 27.5 Å². The summed E-state index contributed by atoms with van der Waals surface area (Å²) in [6.45, 7) is 28.8. The quantitative estimate of drug-likeness (QED) is 0.390. The third-order valence-electron chi connectivity index (χ3n) is 4.06. The van der Waals surface area contributed by atoms with Crippen LogP contribution in [-0.2, 0) is 6.42 Å². The van der Waals surface area contributed by atoms with E-state index in [1.54, 1.807) is 0 Å². The van der Waals surface area contributed by atoms with Crippen LogP contribution in [0, 0.1) is 5.92 Å². The minimum atomic E-state index is 0.604. The number of hydrogen-bond donors (Lipinski definition) is 1. The fourth-order valence-corrected chi connectivity index (χ4v) is 3.25. The standard InChI is InChI=1S/C14H20.C13H19NS/c1-5-12-9-7-8-10-14(12)13(6-2)11(3)4;1-10(2)7-8-12(5)9-14-13(6)15-11(3)4/h6-11H,5H2,1-4H3;7-8,14H,1,3,5-6,9H2,2,4H3/b13-6+;8-7-. The van der Waals surface area contributed by atoms with E-state index in [1.165, 1.54) is 28.5 Å². The summed E-state index contributed by atoms with van der Waals surface area (Å²) in [6, 6.07) is 8.70. The maximum absolute atomic E-state index is 3.91. The van der Waals surface area contributed by atoms with Crippen LogP contribution in [0.15, 0.2) is 89.9 Å². The van der Waals surface area contributed by atoms with Gasteiger partial charge < -0.3 is 5.32 Å². The molecule has 0 radical (unpaired) electrons. The third-order valence-corrected chi connectivity index (χ3v) is 4.80. The van der Waals surface area contributed by atoms with Crippen molar-refractivity contribution in [3.63, 3.8) is 0 Å². The van der Waals surface area contributed by atoms with Gasteiger partial charge in [-0.2, -0.15) is 0 Å². The van der Waals surface area contributed by atoms with Crippen LogP contribution in [0.1, 0.15) is 52.7 Å². The van der Waals surface area contributed by atoms with E-state index in [-0.39, 0.29) is 0 Å². The van der Waals surface area contributed by atoms with Crippen molar-refractivity contribution >= 4 is 17.3 Å². The Balaban J connectivity index is 0.000000541. The summed E-state index contributed by atoms with van der Waals surface area (Å²) in [6.07, 6.45) is 7.24. The summed E-state index contributed by atoms with van der Waals surface area (Å²) in [4.78, 5) is 1.02. The van der Waals surface area contributed by atoms with Gasteiger partial charge in [-0.1, -0.05) is 107 Å². The lowest BCUT2D eigenvalue weighted by Gasteiger charge is -2.14. The van der Waals surface area contributed by atoms with E-state index >= 15 is 0 Å². The summed E-state index contributed by atoms with van der Waals surface area (Å²) < 4.78 is 0. The van der Waals surface area contributed by atoms with Crippen LogP contribution in [0.2, 0.25) is 0 Å². The van der Waals surface area contributed by atoms with Crippen molar-refractivity contribution in [2.24, 2.45) is 5.92 Å². The molecule has 0 aliphatic rings. The number of allylic oxidation sites excluding steroid dienone is 5. The molecule has 0 fully saturated rings. The summed E-state index contributed by atoms with van der Waals surface area (Å²) in [7, 11) is 0. The average molecular weight is 410 g/mol. The lowest BCUT2D eigenvalue weighted by Crippen LogP contribution is -2.12. The van der Waals surface area contributed by atoms with Gasteiger partial charge in [0.25, 0.3) is 0 Å². The van der Waals surface area contributed by atoms with Crippen LogP contribution < -0.4 is 5.32 Å². The van der Waals surface area contributed by atoms with Crippen LogP contribution in [0.4, 0.5) is 0 Å². The predicted octanol–water partition coefficient (Wildman–Crippen LogP) is 8.31. The number of rotatable bonds is 10. The van der Waals surface area contributed by atoms with Gasteiger partial charge in [0.15, 0.2) is 0 Å². The molecule has 1 aromatic rings. The van der Waals surface area contributed by atoms with Crippen molar-refractivity contribution < 1.29 is 0 Å². The van der Waals surface area contributed by atoms with Crippen molar-refractivity contribution in [2.75, 3.05) is 6.54 Å². The molecule has 0 aliphatic carbocycles. The Kier molecular flexibility index (Phi) is 13.6. The first-order valence-corrected chi connectivity index (χ1v) is 11.0. The Morgan fingerprint density at radius 3 is 2.17 bits per heavy atom. The SMILES string of the molecule is C/C=C(/c1ccccc1CC)C(C)C.C=C(C)/C=C\C(=C)CNC(=C)SC(=C)C. The van der Waals surface area contributed by atoms with Gasteiger partial charge >= 0.3 is 0 Å². The fraction of sp³-hybridized carbons (Fsp3) is 0.333. The molecule has 2 heteroatoms. The number of aryl methyl sites for hydroxylation is 1. The molecular formula is C27H39NS. The second kappa shape index (κ2) is 14.8. The number of hydrogen-bond acceptors (Lipinski definition) is 2. The summed E-state index contributed by atoms with van der Waals surface area (Å²) in [5.41, 5.74) is 6.36. The highest BCUT2D eigenvalue weighted by molar-refractivity contribution is 8.06. The Morgan fingerprint density at radius 1 is 1.07 bits per heavy atom. The maximum Gasteiger partial charge on any atom is 0.0655 e. The highest BCUT2D eigenvalue weighted by Crippen LogP contribution is 2.26. The lowest BCUT2D eigenvalue weighted by atomic mass is 9.91. The van der Waals surface area contributed by atoms with E-state index < -0.39 is 0 Å². The highest BCUT2D eigenvalue weighted by atomic mass is 32.2. The molecule has 0 heterocycles. The molecule has 0 saturated heterocycles. The van der Waals surface area contributed by atoms with Gasteiger partial charge in [-0.05, 0) is 60.3 Å². The maximum atomic E-state index is 3.91. The number of nitrogens with one attached hydrogen (secondary N) is 1. The van der Waals surface area contributed by atoms with E-state index in [2.05, 4.69) is 89.7 Å². The summed E-state index contributed by atoms with van der Waals surface area (Å²) >= 11 is 1.54. The molecule has 29 heavy (non-hydrogen) atoms. The van der Waals surface area contributed by atoms with Crippen molar-refractivity contribution in [2.45, 2.75) is 48.0 Å². The smallest absolute Gasteiger partial charge is 0.0655 e. The molecule has 0 aliphatic heterocycles. The van der Waals surface area contributed by atoms with Gasteiger partial charge in [0, 0.05) is 6.54 Å². The van der Waals surface area contributed by atoms with E-state index in [9.17, 15) is 0 Å². The van der Waals surface area contributed by atoms with Gasteiger partial charge in [-0.3, -0.25) is 0 Å². The molecule has 1 nitrogen and oxygen atoms in total. The van der Waals surface area contributed by atoms with Gasteiger partial charge in [-0.25, -0.2) is 0 Å². The van der Waals surface area contributed by atoms with Crippen LogP contribution in [0.25, 0.3) is 5.57 Å². The van der Waals surface area contributed by atoms with Crippen molar-refractivity contribution in [1.29, 1.82) is 0 Å². The molecular weight excluding hydrogens is 370 g/mol. The Labute approximate surface area is 184 Å². The molecule has 1 aromatic carbocycles. The number of thioether (sulfide) groups is 1. The van der Waals surface area contributed by atoms with Crippen LogP contribution >= 0.6 is 11.8 Å². The highest BCUT2D eigenvalue weighted by Gasteiger charge is 2.08. The lowest BCUT2D eigenvalue weighted by molar-refractivity contribution is 0.850. The number of benzene rings is 1. The van der Waals surface area contributed by atoms with Crippen molar-refractivity contribution in [3.05, 3.63) is 101 Å². The molecule has 0 bridgehead atoms. The molecule has 0 atom stereocenters. The first kappa shape index (κ1) is 26.8.